The zero-order chi connectivity index (χ0) is 13.0. The summed E-state index contributed by atoms with van der Waals surface area (Å²) in [7, 11) is 0. The molecule has 3 aliphatic rings. The average molecular weight is 257 g/mol. The molecule has 2 aliphatic carbocycles. The Bertz CT molecular complexity index is 540. The van der Waals surface area contributed by atoms with E-state index in [9.17, 15) is 4.79 Å². The van der Waals surface area contributed by atoms with Crippen molar-refractivity contribution in [2.75, 3.05) is 11.4 Å². The molecule has 2 fully saturated rings. The molecule has 4 rings (SSSR count). The molecule has 1 aromatic carbocycles. The lowest BCUT2D eigenvalue weighted by Crippen LogP contribution is -2.37. The number of benzene rings is 1. The monoisotopic (exact) mass is 257 g/mol. The molecule has 0 aromatic heterocycles. The fraction of sp³-hybridized carbons (Fsp3) is 0.562. The van der Waals surface area contributed by atoms with E-state index in [-0.39, 0.29) is 0 Å². The van der Waals surface area contributed by atoms with Crippen LogP contribution in [0.1, 0.15) is 41.6 Å². The third-order valence-corrected chi connectivity index (χ3v) is 5.36. The Kier molecular flexibility index (Phi) is 2.38. The fourth-order valence-corrected chi connectivity index (χ4v) is 4.50. The maximum atomic E-state index is 11.0. The lowest BCUT2D eigenvalue weighted by molar-refractivity contribution is 0.0697. The van der Waals surface area contributed by atoms with Gasteiger partial charge in [0.2, 0.25) is 0 Å². The highest BCUT2D eigenvalue weighted by Crippen LogP contribution is 2.48. The van der Waals surface area contributed by atoms with Gasteiger partial charge in [0, 0.05) is 18.3 Å². The van der Waals surface area contributed by atoms with Crippen LogP contribution in [0.3, 0.4) is 0 Å². The van der Waals surface area contributed by atoms with Crippen LogP contribution < -0.4 is 4.90 Å². The van der Waals surface area contributed by atoms with E-state index in [4.69, 9.17) is 5.11 Å². The number of rotatable bonds is 2. The molecular weight excluding hydrogens is 238 g/mol. The molecule has 1 aliphatic heterocycles. The van der Waals surface area contributed by atoms with E-state index in [2.05, 4.69) is 4.90 Å². The molecule has 1 aromatic rings. The van der Waals surface area contributed by atoms with Crippen molar-refractivity contribution in [1.29, 1.82) is 0 Å². The van der Waals surface area contributed by atoms with Gasteiger partial charge in [-0.25, -0.2) is 4.79 Å². The van der Waals surface area contributed by atoms with Crippen LogP contribution in [0.4, 0.5) is 5.69 Å². The van der Waals surface area contributed by atoms with Gasteiger partial charge in [0.15, 0.2) is 0 Å². The van der Waals surface area contributed by atoms with Crippen LogP contribution in [0.2, 0.25) is 0 Å². The second-order valence-corrected chi connectivity index (χ2v) is 6.33. The highest BCUT2D eigenvalue weighted by molar-refractivity contribution is 5.88. The molecule has 1 N–H and O–H groups in total. The lowest BCUT2D eigenvalue weighted by Gasteiger charge is -2.33. The number of carboxylic acid groups (broad SMARTS) is 1. The van der Waals surface area contributed by atoms with E-state index >= 15 is 0 Å². The first kappa shape index (κ1) is 11.3. The van der Waals surface area contributed by atoms with Crippen molar-refractivity contribution < 1.29 is 9.90 Å². The number of carboxylic acids is 1. The number of hydrogen-bond donors (Lipinski definition) is 1. The van der Waals surface area contributed by atoms with E-state index in [0.29, 0.717) is 5.56 Å². The molecule has 2 saturated carbocycles. The molecule has 0 amide bonds. The minimum Gasteiger partial charge on any atom is -0.478 e. The molecule has 3 unspecified atom stereocenters. The van der Waals surface area contributed by atoms with Crippen LogP contribution in [-0.4, -0.2) is 23.7 Å². The quantitative estimate of drug-likeness (QED) is 0.885. The van der Waals surface area contributed by atoms with Gasteiger partial charge in [-0.3, -0.25) is 0 Å². The molecule has 0 spiro atoms. The van der Waals surface area contributed by atoms with Crippen LogP contribution in [0.5, 0.6) is 0 Å². The molecule has 19 heavy (non-hydrogen) atoms. The van der Waals surface area contributed by atoms with Crippen molar-refractivity contribution in [1.82, 2.24) is 0 Å². The van der Waals surface area contributed by atoms with E-state index < -0.39 is 5.97 Å². The van der Waals surface area contributed by atoms with Crippen LogP contribution in [-0.2, 0) is 6.42 Å². The van der Waals surface area contributed by atoms with Gasteiger partial charge in [0.25, 0.3) is 0 Å². The summed E-state index contributed by atoms with van der Waals surface area (Å²) in [6.45, 7) is 1.08. The molecule has 0 radical (unpaired) electrons. The predicted molar refractivity (Wildman–Crippen MR) is 73.7 cm³/mol. The van der Waals surface area contributed by atoms with Crippen LogP contribution in [0.25, 0.3) is 0 Å². The minimum absolute atomic E-state index is 0.425. The van der Waals surface area contributed by atoms with Crippen LogP contribution >= 0.6 is 0 Å². The molecule has 0 saturated heterocycles. The summed E-state index contributed by atoms with van der Waals surface area (Å²) in [6, 6.07) is 6.37. The highest BCUT2D eigenvalue weighted by Gasteiger charge is 2.43. The normalized spacial score (nSPS) is 31.8. The second-order valence-electron chi connectivity index (χ2n) is 6.33. The van der Waals surface area contributed by atoms with Crippen molar-refractivity contribution in [3.05, 3.63) is 29.3 Å². The Hall–Kier alpha value is -1.51. The van der Waals surface area contributed by atoms with Crippen molar-refractivity contribution in [3.63, 3.8) is 0 Å². The van der Waals surface area contributed by atoms with Gasteiger partial charge in [-0.2, -0.15) is 0 Å². The Morgan fingerprint density at radius 1 is 1.26 bits per heavy atom. The van der Waals surface area contributed by atoms with Crippen molar-refractivity contribution in [3.8, 4) is 0 Å². The molecule has 3 nitrogen and oxygen atoms in total. The number of hydrogen-bond acceptors (Lipinski definition) is 2. The number of aromatic carboxylic acids is 1. The number of carbonyl (C=O) groups is 1. The first-order chi connectivity index (χ1) is 9.22. The Morgan fingerprint density at radius 3 is 2.84 bits per heavy atom. The molecule has 3 heteroatoms. The SMILES string of the molecule is O=C(O)c1ccc2c(c1)CCN2C1CC2CCC1C2. The van der Waals surface area contributed by atoms with E-state index in [0.717, 1.165) is 30.8 Å². The fourth-order valence-electron chi connectivity index (χ4n) is 4.50. The Morgan fingerprint density at radius 2 is 2.16 bits per heavy atom. The third-order valence-electron chi connectivity index (χ3n) is 5.36. The maximum absolute atomic E-state index is 11.0. The average Bonchev–Trinajstić information content (AvgIpc) is 3.11. The minimum atomic E-state index is -0.818. The number of fused-ring (bicyclic) bond motifs is 3. The maximum Gasteiger partial charge on any atom is 0.335 e. The number of nitrogens with zero attached hydrogens (tertiary/aromatic N) is 1. The van der Waals surface area contributed by atoms with Crippen LogP contribution in [0, 0.1) is 11.8 Å². The van der Waals surface area contributed by atoms with Gasteiger partial charge < -0.3 is 10.0 Å². The summed E-state index contributed by atoms with van der Waals surface area (Å²) in [5, 5.41) is 9.07. The molecule has 100 valence electrons. The van der Waals surface area contributed by atoms with Crippen molar-refractivity contribution in [2.24, 2.45) is 11.8 Å². The summed E-state index contributed by atoms with van der Waals surface area (Å²) in [6.07, 6.45) is 6.60. The van der Waals surface area contributed by atoms with Crippen molar-refractivity contribution in [2.45, 2.75) is 38.1 Å². The zero-order valence-corrected chi connectivity index (χ0v) is 11.0. The first-order valence-corrected chi connectivity index (χ1v) is 7.35. The second kappa shape index (κ2) is 3.99. The topological polar surface area (TPSA) is 40.5 Å². The standard InChI is InChI=1S/C16H19NO2/c18-16(19)13-3-4-14-12(9-13)5-6-17(14)15-8-10-1-2-11(15)7-10/h3-4,9-11,15H,1-2,5-8H2,(H,18,19). The van der Waals surface area contributed by atoms with E-state index in [1.807, 2.05) is 12.1 Å². The van der Waals surface area contributed by atoms with E-state index in [1.54, 1.807) is 6.07 Å². The molecule has 3 atom stereocenters. The first-order valence-electron chi connectivity index (χ1n) is 7.35. The summed E-state index contributed by atoms with van der Waals surface area (Å²) < 4.78 is 0. The van der Waals surface area contributed by atoms with Gasteiger partial charge in [0.1, 0.15) is 0 Å². The van der Waals surface area contributed by atoms with Gasteiger partial charge >= 0.3 is 5.97 Å². The molecule has 1 heterocycles. The van der Waals surface area contributed by atoms with E-state index in [1.165, 1.54) is 36.9 Å². The Labute approximate surface area is 113 Å². The van der Waals surface area contributed by atoms with Gasteiger partial charge in [-0.1, -0.05) is 6.42 Å². The highest BCUT2D eigenvalue weighted by atomic mass is 16.4. The molecule has 2 bridgehead atoms. The van der Waals surface area contributed by atoms with Gasteiger partial charge in [0.05, 0.1) is 5.56 Å². The van der Waals surface area contributed by atoms with Crippen molar-refractivity contribution >= 4 is 11.7 Å². The van der Waals surface area contributed by atoms with Gasteiger partial charge in [-0.05, 0) is 61.3 Å². The number of anilines is 1. The summed E-state index contributed by atoms with van der Waals surface area (Å²) in [4.78, 5) is 13.6. The Balaban J connectivity index is 1.64. The third kappa shape index (κ3) is 1.67. The smallest absolute Gasteiger partial charge is 0.335 e. The zero-order valence-electron chi connectivity index (χ0n) is 11.0. The predicted octanol–water partition coefficient (Wildman–Crippen LogP) is 2.94. The van der Waals surface area contributed by atoms with Gasteiger partial charge in [-0.15, -0.1) is 0 Å². The summed E-state index contributed by atoms with van der Waals surface area (Å²) in [5.41, 5.74) is 2.94. The summed E-state index contributed by atoms with van der Waals surface area (Å²) in [5.74, 6) is 1.02. The largest absolute Gasteiger partial charge is 0.478 e. The molecular formula is C16H19NO2. The summed E-state index contributed by atoms with van der Waals surface area (Å²) >= 11 is 0. The van der Waals surface area contributed by atoms with Crippen LogP contribution in [0.15, 0.2) is 18.2 Å². The lowest BCUT2D eigenvalue weighted by atomic mass is 9.94.